The number of rotatable bonds is 6. The summed E-state index contributed by atoms with van der Waals surface area (Å²) in [6.07, 6.45) is -0.00233. The van der Waals surface area contributed by atoms with E-state index in [-0.39, 0.29) is 5.56 Å². The molecule has 0 fully saturated rings. The summed E-state index contributed by atoms with van der Waals surface area (Å²) < 4.78 is 7.02. The van der Waals surface area contributed by atoms with Crippen LogP contribution >= 0.6 is 0 Å². The van der Waals surface area contributed by atoms with E-state index in [2.05, 4.69) is 10.6 Å². The Morgan fingerprint density at radius 1 is 1.13 bits per heavy atom. The molecule has 31 heavy (non-hydrogen) atoms. The van der Waals surface area contributed by atoms with E-state index in [1.54, 1.807) is 4.57 Å². The van der Waals surface area contributed by atoms with Gasteiger partial charge in [0, 0.05) is 6.54 Å². The Hall–Kier alpha value is -3.19. The molecule has 0 aliphatic carbocycles. The third-order valence-corrected chi connectivity index (χ3v) is 4.80. The second-order valence-corrected chi connectivity index (χ2v) is 8.39. The fourth-order valence-electron chi connectivity index (χ4n) is 3.51. The van der Waals surface area contributed by atoms with Crippen molar-refractivity contribution in [2.75, 3.05) is 7.05 Å². The highest BCUT2D eigenvalue weighted by Gasteiger charge is 2.25. The number of carbonyl (C=O) groups is 1. The standard InChI is InChI=1S/C24H30N4O3/c1-6-18(27-23(30)31-24(2,3)4)21-26-19-14-10-11-16(15-25-5)20(19)22(29)28(21)17-12-8-7-9-13-17/h7-14,18,25H,6,15H2,1-5H3,(H,27,30)/t18-/m0/s1. The smallest absolute Gasteiger partial charge is 0.408 e. The van der Waals surface area contributed by atoms with Gasteiger partial charge in [0.2, 0.25) is 0 Å². The van der Waals surface area contributed by atoms with E-state index in [0.29, 0.717) is 35.4 Å². The number of benzene rings is 2. The Kier molecular flexibility index (Phi) is 6.75. The maximum Gasteiger partial charge on any atom is 0.408 e. The third kappa shape index (κ3) is 5.11. The Labute approximate surface area is 182 Å². The van der Waals surface area contributed by atoms with Gasteiger partial charge in [-0.3, -0.25) is 9.36 Å². The predicted molar refractivity (Wildman–Crippen MR) is 123 cm³/mol. The van der Waals surface area contributed by atoms with Crippen LogP contribution in [-0.4, -0.2) is 28.3 Å². The van der Waals surface area contributed by atoms with Crippen molar-refractivity contribution in [1.29, 1.82) is 0 Å². The molecule has 0 radical (unpaired) electrons. The van der Waals surface area contributed by atoms with Crippen LogP contribution in [0.3, 0.4) is 0 Å². The summed E-state index contributed by atoms with van der Waals surface area (Å²) >= 11 is 0. The summed E-state index contributed by atoms with van der Waals surface area (Å²) in [4.78, 5) is 31.1. The molecule has 2 aromatic carbocycles. The van der Waals surface area contributed by atoms with E-state index in [1.807, 2.05) is 83.3 Å². The summed E-state index contributed by atoms with van der Waals surface area (Å²) in [6, 6.07) is 14.5. The molecule has 2 N–H and O–H groups in total. The number of nitrogens with one attached hydrogen (secondary N) is 2. The van der Waals surface area contributed by atoms with Crippen LogP contribution in [0.2, 0.25) is 0 Å². The zero-order valence-corrected chi connectivity index (χ0v) is 18.7. The highest BCUT2D eigenvalue weighted by Crippen LogP contribution is 2.22. The molecule has 3 aromatic rings. The topological polar surface area (TPSA) is 85.2 Å². The molecule has 0 aliphatic rings. The molecular weight excluding hydrogens is 392 g/mol. The van der Waals surface area contributed by atoms with Crippen molar-refractivity contribution in [3.8, 4) is 5.69 Å². The maximum atomic E-state index is 13.7. The normalized spacial score (nSPS) is 12.5. The lowest BCUT2D eigenvalue weighted by molar-refractivity contribution is 0.0499. The molecule has 7 heteroatoms. The monoisotopic (exact) mass is 422 g/mol. The average Bonchev–Trinajstić information content (AvgIpc) is 2.71. The number of aromatic nitrogens is 2. The second kappa shape index (κ2) is 9.31. The summed E-state index contributed by atoms with van der Waals surface area (Å²) in [7, 11) is 1.84. The van der Waals surface area contributed by atoms with Gasteiger partial charge in [-0.1, -0.05) is 37.3 Å². The van der Waals surface area contributed by atoms with Crippen molar-refractivity contribution in [3.63, 3.8) is 0 Å². The van der Waals surface area contributed by atoms with Gasteiger partial charge in [0.25, 0.3) is 5.56 Å². The quantitative estimate of drug-likeness (QED) is 0.625. The molecule has 3 rings (SSSR count). The minimum Gasteiger partial charge on any atom is -0.444 e. The molecular formula is C24H30N4O3. The number of para-hydroxylation sites is 1. The lowest BCUT2D eigenvalue weighted by Crippen LogP contribution is -2.38. The van der Waals surface area contributed by atoms with Gasteiger partial charge in [-0.2, -0.15) is 0 Å². The van der Waals surface area contributed by atoms with E-state index in [9.17, 15) is 9.59 Å². The minimum atomic E-state index is -0.625. The number of hydrogen-bond donors (Lipinski definition) is 2. The predicted octanol–water partition coefficient (Wildman–Crippen LogP) is 4.08. The summed E-state index contributed by atoms with van der Waals surface area (Å²) in [5.74, 6) is 0.471. The minimum absolute atomic E-state index is 0.165. The Morgan fingerprint density at radius 2 is 1.84 bits per heavy atom. The van der Waals surface area contributed by atoms with Crippen LogP contribution in [0.4, 0.5) is 4.79 Å². The van der Waals surface area contributed by atoms with E-state index in [4.69, 9.17) is 9.72 Å². The van der Waals surface area contributed by atoms with Gasteiger partial charge < -0.3 is 15.4 Å². The van der Waals surface area contributed by atoms with Gasteiger partial charge >= 0.3 is 6.09 Å². The first-order valence-electron chi connectivity index (χ1n) is 10.5. The first-order chi connectivity index (χ1) is 14.7. The molecule has 1 heterocycles. The van der Waals surface area contributed by atoms with Crippen LogP contribution in [-0.2, 0) is 11.3 Å². The van der Waals surface area contributed by atoms with Crippen molar-refractivity contribution in [1.82, 2.24) is 20.2 Å². The molecule has 0 saturated heterocycles. The zero-order chi connectivity index (χ0) is 22.6. The number of carbonyl (C=O) groups excluding carboxylic acids is 1. The summed E-state index contributed by atoms with van der Waals surface area (Å²) in [6.45, 7) is 7.92. The van der Waals surface area contributed by atoms with Crippen molar-refractivity contribution in [2.24, 2.45) is 0 Å². The first kappa shape index (κ1) is 22.5. The van der Waals surface area contributed by atoms with Crippen molar-refractivity contribution >= 4 is 17.0 Å². The van der Waals surface area contributed by atoms with E-state index in [0.717, 1.165) is 5.56 Å². The first-order valence-corrected chi connectivity index (χ1v) is 10.5. The fourth-order valence-corrected chi connectivity index (χ4v) is 3.51. The van der Waals surface area contributed by atoms with Gasteiger partial charge in [0.05, 0.1) is 22.6 Å². The van der Waals surface area contributed by atoms with Crippen LogP contribution < -0.4 is 16.2 Å². The zero-order valence-electron chi connectivity index (χ0n) is 18.7. The average molecular weight is 423 g/mol. The van der Waals surface area contributed by atoms with Crippen molar-refractivity contribution in [3.05, 3.63) is 70.3 Å². The van der Waals surface area contributed by atoms with Gasteiger partial charge in [-0.15, -0.1) is 0 Å². The number of alkyl carbamates (subject to hydrolysis) is 1. The van der Waals surface area contributed by atoms with Gasteiger partial charge in [-0.25, -0.2) is 9.78 Å². The molecule has 0 aliphatic heterocycles. The number of ether oxygens (including phenoxy) is 1. The molecule has 0 spiro atoms. The SMILES string of the molecule is CC[C@H](NC(=O)OC(C)(C)C)c1nc2cccc(CNC)c2c(=O)n1-c1ccccc1. The number of fused-ring (bicyclic) bond motifs is 1. The molecule has 1 amide bonds. The molecule has 7 nitrogen and oxygen atoms in total. The van der Waals surface area contributed by atoms with Crippen LogP contribution in [0.1, 0.15) is 51.5 Å². The van der Waals surface area contributed by atoms with Crippen LogP contribution in [0.5, 0.6) is 0 Å². The number of hydrogen-bond acceptors (Lipinski definition) is 5. The fraction of sp³-hybridized carbons (Fsp3) is 0.375. The van der Waals surface area contributed by atoms with E-state index < -0.39 is 17.7 Å². The van der Waals surface area contributed by atoms with Gasteiger partial charge in [0.15, 0.2) is 0 Å². The Balaban J connectivity index is 2.22. The van der Waals surface area contributed by atoms with Gasteiger partial charge in [-0.05, 0) is 58.0 Å². The lowest BCUT2D eigenvalue weighted by Gasteiger charge is -2.25. The van der Waals surface area contributed by atoms with E-state index in [1.165, 1.54) is 0 Å². The molecule has 164 valence electrons. The summed E-state index contributed by atoms with van der Waals surface area (Å²) in [5.41, 5.74) is 1.38. The maximum absolute atomic E-state index is 13.7. The Morgan fingerprint density at radius 3 is 2.45 bits per heavy atom. The third-order valence-electron chi connectivity index (χ3n) is 4.80. The van der Waals surface area contributed by atoms with Gasteiger partial charge in [0.1, 0.15) is 11.4 Å². The highest BCUT2D eigenvalue weighted by atomic mass is 16.6. The van der Waals surface area contributed by atoms with Crippen LogP contribution in [0.25, 0.3) is 16.6 Å². The molecule has 0 unspecified atom stereocenters. The van der Waals surface area contributed by atoms with Crippen molar-refractivity contribution in [2.45, 2.75) is 52.3 Å². The molecule has 0 bridgehead atoms. The summed E-state index contributed by atoms with van der Waals surface area (Å²) in [5, 5.41) is 6.56. The number of amides is 1. The van der Waals surface area contributed by atoms with Crippen LogP contribution in [0.15, 0.2) is 53.3 Å². The molecule has 1 atom stereocenters. The van der Waals surface area contributed by atoms with Crippen molar-refractivity contribution < 1.29 is 9.53 Å². The Bertz CT molecular complexity index is 1120. The van der Waals surface area contributed by atoms with Crippen LogP contribution in [0, 0.1) is 0 Å². The second-order valence-electron chi connectivity index (χ2n) is 8.39. The largest absolute Gasteiger partial charge is 0.444 e. The van der Waals surface area contributed by atoms with E-state index >= 15 is 0 Å². The molecule has 1 aromatic heterocycles. The lowest BCUT2D eigenvalue weighted by atomic mass is 10.1. The highest BCUT2D eigenvalue weighted by molar-refractivity contribution is 5.82. The molecule has 0 saturated carbocycles. The number of nitrogens with zero attached hydrogens (tertiary/aromatic N) is 2.